The van der Waals surface area contributed by atoms with E-state index >= 15 is 0 Å². The van der Waals surface area contributed by atoms with Gasteiger partial charge in [0, 0.05) is 24.7 Å². The lowest BCUT2D eigenvalue weighted by Crippen LogP contribution is -2.59. The van der Waals surface area contributed by atoms with Crippen molar-refractivity contribution in [2.75, 3.05) is 26.3 Å². The Kier molecular flexibility index (Phi) is 3.88. The summed E-state index contributed by atoms with van der Waals surface area (Å²) in [5.41, 5.74) is 6.38. The third-order valence-electron chi connectivity index (χ3n) is 4.62. The molecule has 2 fully saturated rings. The molecule has 0 aromatic heterocycles. The summed E-state index contributed by atoms with van der Waals surface area (Å²) in [5.74, 6) is 0.888. The monoisotopic (exact) mass is 226 g/mol. The van der Waals surface area contributed by atoms with E-state index in [1.54, 1.807) is 0 Å². The average Bonchev–Trinajstić information content (AvgIpc) is 2.74. The predicted molar refractivity (Wildman–Crippen MR) is 66.4 cm³/mol. The molecular formula is C13H26N2O. The summed E-state index contributed by atoms with van der Waals surface area (Å²) in [4.78, 5) is 2.63. The van der Waals surface area contributed by atoms with E-state index in [0.29, 0.717) is 6.04 Å². The molecule has 3 nitrogen and oxygen atoms in total. The maximum atomic E-state index is 6.10. The molecule has 1 saturated heterocycles. The number of hydrogen-bond acceptors (Lipinski definition) is 3. The largest absolute Gasteiger partial charge is 0.379 e. The van der Waals surface area contributed by atoms with Gasteiger partial charge in [-0.15, -0.1) is 0 Å². The minimum Gasteiger partial charge on any atom is -0.379 e. The van der Waals surface area contributed by atoms with E-state index in [9.17, 15) is 0 Å². The Morgan fingerprint density at radius 2 is 2.31 bits per heavy atom. The Morgan fingerprint density at radius 3 is 2.88 bits per heavy atom. The molecule has 2 rings (SSSR count). The van der Waals surface area contributed by atoms with Crippen molar-refractivity contribution in [2.45, 2.75) is 51.1 Å². The Morgan fingerprint density at radius 1 is 1.50 bits per heavy atom. The zero-order chi connectivity index (χ0) is 11.6. The summed E-state index contributed by atoms with van der Waals surface area (Å²) in [6, 6.07) is 0.535. The molecule has 94 valence electrons. The normalized spacial score (nSPS) is 41.4. The molecule has 1 aliphatic heterocycles. The predicted octanol–water partition coefficient (Wildman–Crippen LogP) is 1.61. The van der Waals surface area contributed by atoms with Crippen LogP contribution in [0.1, 0.15) is 39.5 Å². The van der Waals surface area contributed by atoms with Crippen molar-refractivity contribution in [3.8, 4) is 0 Å². The van der Waals surface area contributed by atoms with E-state index in [0.717, 1.165) is 32.2 Å². The van der Waals surface area contributed by atoms with E-state index in [1.165, 1.54) is 25.7 Å². The maximum absolute atomic E-state index is 6.10. The molecule has 3 unspecified atom stereocenters. The first-order valence-electron chi connectivity index (χ1n) is 6.76. The standard InChI is InChI=1S/C13H26N2O/c1-3-12-4-5-13(8-12,10-14)15-6-7-16-9-11(15)2/h11-12H,3-10,14H2,1-2H3. The van der Waals surface area contributed by atoms with E-state index in [-0.39, 0.29) is 5.54 Å². The fourth-order valence-corrected chi connectivity index (χ4v) is 3.56. The number of rotatable bonds is 3. The van der Waals surface area contributed by atoms with Crippen LogP contribution in [0.2, 0.25) is 0 Å². The van der Waals surface area contributed by atoms with Crippen LogP contribution >= 0.6 is 0 Å². The molecular weight excluding hydrogens is 200 g/mol. The van der Waals surface area contributed by atoms with Gasteiger partial charge < -0.3 is 10.5 Å². The third-order valence-corrected chi connectivity index (χ3v) is 4.62. The molecule has 3 atom stereocenters. The van der Waals surface area contributed by atoms with Crippen molar-refractivity contribution < 1.29 is 4.74 Å². The quantitative estimate of drug-likeness (QED) is 0.794. The fourth-order valence-electron chi connectivity index (χ4n) is 3.56. The highest BCUT2D eigenvalue weighted by Crippen LogP contribution is 2.41. The Bertz CT molecular complexity index is 234. The first-order chi connectivity index (χ1) is 7.72. The van der Waals surface area contributed by atoms with Gasteiger partial charge in [0.25, 0.3) is 0 Å². The molecule has 3 heteroatoms. The Hall–Kier alpha value is -0.120. The molecule has 0 bridgehead atoms. The van der Waals surface area contributed by atoms with Crippen LogP contribution in [0.25, 0.3) is 0 Å². The van der Waals surface area contributed by atoms with Gasteiger partial charge in [-0.05, 0) is 32.1 Å². The average molecular weight is 226 g/mol. The zero-order valence-corrected chi connectivity index (χ0v) is 10.7. The number of hydrogen-bond donors (Lipinski definition) is 1. The Balaban J connectivity index is 2.08. The van der Waals surface area contributed by atoms with Crippen molar-refractivity contribution >= 4 is 0 Å². The molecule has 1 saturated carbocycles. The van der Waals surface area contributed by atoms with Crippen molar-refractivity contribution in [1.82, 2.24) is 4.90 Å². The van der Waals surface area contributed by atoms with Gasteiger partial charge in [0.2, 0.25) is 0 Å². The topological polar surface area (TPSA) is 38.5 Å². The van der Waals surface area contributed by atoms with Crippen LogP contribution in [0.4, 0.5) is 0 Å². The summed E-state index contributed by atoms with van der Waals surface area (Å²) < 4.78 is 5.53. The van der Waals surface area contributed by atoms with Crippen LogP contribution in [-0.4, -0.2) is 42.8 Å². The highest BCUT2D eigenvalue weighted by Gasteiger charge is 2.44. The molecule has 16 heavy (non-hydrogen) atoms. The van der Waals surface area contributed by atoms with Crippen LogP contribution in [0.5, 0.6) is 0 Å². The van der Waals surface area contributed by atoms with Gasteiger partial charge >= 0.3 is 0 Å². The summed E-state index contributed by atoms with van der Waals surface area (Å²) >= 11 is 0. The lowest BCUT2D eigenvalue weighted by molar-refractivity contribution is -0.0558. The van der Waals surface area contributed by atoms with Gasteiger partial charge in [0.05, 0.1) is 13.2 Å². The lowest BCUT2D eigenvalue weighted by atomic mass is 9.91. The van der Waals surface area contributed by atoms with Crippen LogP contribution in [0, 0.1) is 5.92 Å². The van der Waals surface area contributed by atoms with Crippen LogP contribution in [0.3, 0.4) is 0 Å². The van der Waals surface area contributed by atoms with E-state index < -0.39 is 0 Å². The summed E-state index contributed by atoms with van der Waals surface area (Å²) in [5, 5.41) is 0. The molecule has 0 radical (unpaired) electrons. The molecule has 0 spiro atoms. The van der Waals surface area contributed by atoms with Gasteiger partial charge in [0.1, 0.15) is 0 Å². The van der Waals surface area contributed by atoms with Crippen molar-refractivity contribution in [2.24, 2.45) is 11.7 Å². The zero-order valence-electron chi connectivity index (χ0n) is 10.7. The van der Waals surface area contributed by atoms with E-state index in [4.69, 9.17) is 10.5 Å². The van der Waals surface area contributed by atoms with Gasteiger partial charge in [-0.25, -0.2) is 0 Å². The first-order valence-corrected chi connectivity index (χ1v) is 6.76. The van der Waals surface area contributed by atoms with Gasteiger partial charge in [-0.1, -0.05) is 13.3 Å². The van der Waals surface area contributed by atoms with Gasteiger partial charge in [-0.3, -0.25) is 4.90 Å². The van der Waals surface area contributed by atoms with Crippen LogP contribution in [-0.2, 0) is 4.74 Å². The molecule has 0 amide bonds. The van der Waals surface area contributed by atoms with E-state index in [1.807, 2.05) is 0 Å². The molecule has 0 aromatic carbocycles. The summed E-state index contributed by atoms with van der Waals surface area (Å²) in [6.07, 6.45) is 5.24. The first kappa shape index (κ1) is 12.3. The maximum Gasteiger partial charge on any atom is 0.0620 e. The van der Waals surface area contributed by atoms with Crippen molar-refractivity contribution in [1.29, 1.82) is 0 Å². The summed E-state index contributed by atoms with van der Waals surface area (Å²) in [6.45, 7) is 8.21. The smallest absolute Gasteiger partial charge is 0.0620 e. The highest BCUT2D eigenvalue weighted by molar-refractivity contribution is 5.00. The lowest BCUT2D eigenvalue weighted by Gasteiger charge is -2.46. The SMILES string of the molecule is CCC1CCC(CN)(N2CCOCC2C)C1. The molecule has 2 N–H and O–H groups in total. The second-order valence-electron chi connectivity index (χ2n) is 5.56. The Labute approximate surface area is 99.3 Å². The molecule has 0 aromatic rings. The van der Waals surface area contributed by atoms with Gasteiger partial charge in [0.15, 0.2) is 0 Å². The highest BCUT2D eigenvalue weighted by atomic mass is 16.5. The van der Waals surface area contributed by atoms with Crippen LogP contribution in [0.15, 0.2) is 0 Å². The third kappa shape index (κ3) is 2.13. The number of nitrogens with zero attached hydrogens (tertiary/aromatic N) is 1. The minimum absolute atomic E-state index is 0.282. The van der Waals surface area contributed by atoms with E-state index in [2.05, 4.69) is 18.7 Å². The fraction of sp³-hybridized carbons (Fsp3) is 1.00. The van der Waals surface area contributed by atoms with Crippen molar-refractivity contribution in [3.05, 3.63) is 0 Å². The van der Waals surface area contributed by atoms with Gasteiger partial charge in [-0.2, -0.15) is 0 Å². The van der Waals surface area contributed by atoms with Crippen LogP contribution < -0.4 is 5.73 Å². The molecule has 2 aliphatic rings. The molecule has 1 heterocycles. The second-order valence-corrected chi connectivity index (χ2v) is 5.56. The number of nitrogens with two attached hydrogens (primary N) is 1. The number of ether oxygens (including phenoxy) is 1. The minimum atomic E-state index is 0.282. The number of morpholine rings is 1. The van der Waals surface area contributed by atoms with Crippen molar-refractivity contribution in [3.63, 3.8) is 0 Å². The molecule has 1 aliphatic carbocycles. The second kappa shape index (κ2) is 5.03. The summed E-state index contributed by atoms with van der Waals surface area (Å²) in [7, 11) is 0.